The maximum atomic E-state index is 13.2. The van der Waals surface area contributed by atoms with Crippen molar-refractivity contribution >= 4 is 15.9 Å². The molecule has 0 saturated carbocycles. The third-order valence-corrected chi connectivity index (χ3v) is 8.85. The second-order valence-corrected chi connectivity index (χ2v) is 10.6. The number of rotatable bonds is 3. The van der Waals surface area contributed by atoms with Crippen LogP contribution in [0.3, 0.4) is 0 Å². The number of aryl methyl sites for hydroxylation is 1. The van der Waals surface area contributed by atoms with Gasteiger partial charge in [0.2, 0.25) is 10.0 Å². The quantitative estimate of drug-likeness (QED) is 0.722. The fourth-order valence-electron chi connectivity index (χ4n) is 5.08. The molecule has 1 aromatic carbocycles. The van der Waals surface area contributed by atoms with Gasteiger partial charge in [-0.1, -0.05) is 18.2 Å². The van der Waals surface area contributed by atoms with Crippen molar-refractivity contribution in [3.63, 3.8) is 0 Å². The summed E-state index contributed by atoms with van der Waals surface area (Å²) in [5, 5.41) is 0. The average Bonchev–Trinajstić information content (AvgIpc) is 3.46. The van der Waals surface area contributed by atoms with Gasteiger partial charge in [-0.3, -0.25) is 4.79 Å². The number of aromatic nitrogens is 2. The molecule has 8 nitrogen and oxygen atoms in total. The summed E-state index contributed by atoms with van der Waals surface area (Å²) < 4.78 is 36.5. The summed E-state index contributed by atoms with van der Waals surface area (Å²) in [6.07, 6.45) is 6.08. The number of ether oxygens (including phenoxy) is 1. The molecule has 31 heavy (non-hydrogen) atoms. The highest BCUT2D eigenvalue weighted by Crippen LogP contribution is 2.41. The van der Waals surface area contributed by atoms with Crippen LogP contribution in [-0.2, 0) is 31.7 Å². The lowest BCUT2D eigenvalue weighted by molar-refractivity contribution is -0.178. The van der Waals surface area contributed by atoms with Gasteiger partial charge < -0.3 is 14.2 Å². The monoisotopic (exact) mass is 444 g/mol. The molecule has 2 saturated heterocycles. The number of benzene rings is 1. The van der Waals surface area contributed by atoms with Crippen LogP contribution < -0.4 is 0 Å². The predicted molar refractivity (Wildman–Crippen MR) is 114 cm³/mol. The van der Waals surface area contributed by atoms with Gasteiger partial charge in [0, 0.05) is 38.6 Å². The molecule has 1 spiro atoms. The standard InChI is InChI=1S/C22H28N4O4S/c1-17-6-2-3-7-19(17)31(28,29)26-13-8-22(9-14-26)21-23-10-15-25(21)16-18(30-22)20(27)24-11-4-5-12-24/h2-3,6-7,10,15,18H,4-5,8-9,11-14,16H2,1H3/t18-/m0/s1. The Labute approximate surface area is 182 Å². The Kier molecular flexibility index (Phi) is 5.15. The zero-order valence-corrected chi connectivity index (χ0v) is 18.6. The predicted octanol–water partition coefficient (Wildman–Crippen LogP) is 1.89. The van der Waals surface area contributed by atoms with E-state index in [-0.39, 0.29) is 5.91 Å². The van der Waals surface area contributed by atoms with Crippen LogP contribution in [-0.4, -0.2) is 65.4 Å². The zero-order chi connectivity index (χ0) is 21.6. The van der Waals surface area contributed by atoms with Crippen LogP contribution in [0.2, 0.25) is 0 Å². The normalized spacial score (nSPS) is 23.8. The maximum Gasteiger partial charge on any atom is 0.253 e. The third-order valence-electron chi connectivity index (χ3n) is 6.79. The first-order chi connectivity index (χ1) is 14.9. The molecule has 1 amide bonds. The summed E-state index contributed by atoms with van der Waals surface area (Å²) in [5.74, 6) is 0.831. The molecule has 0 bridgehead atoms. The summed E-state index contributed by atoms with van der Waals surface area (Å²) in [5.41, 5.74) is 0.00282. The largest absolute Gasteiger partial charge is 0.352 e. The van der Waals surface area contributed by atoms with Gasteiger partial charge >= 0.3 is 0 Å². The molecule has 1 atom stereocenters. The van der Waals surface area contributed by atoms with Crippen LogP contribution in [0, 0.1) is 6.92 Å². The molecule has 2 fully saturated rings. The summed E-state index contributed by atoms with van der Waals surface area (Å²) in [4.78, 5) is 19.8. The van der Waals surface area contributed by atoms with E-state index >= 15 is 0 Å². The highest BCUT2D eigenvalue weighted by Gasteiger charge is 2.49. The van der Waals surface area contributed by atoms with Crippen LogP contribution >= 0.6 is 0 Å². The van der Waals surface area contributed by atoms with E-state index in [1.807, 2.05) is 34.7 Å². The first-order valence-electron chi connectivity index (χ1n) is 10.9. The van der Waals surface area contributed by atoms with Gasteiger partial charge in [0.25, 0.3) is 5.91 Å². The third kappa shape index (κ3) is 3.48. The van der Waals surface area contributed by atoms with Crippen LogP contribution in [0.4, 0.5) is 0 Å². The summed E-state index contributed by atoms with van der Waals surface area (Å²) in [6.45, 7) is 4.49. The van der Waals surface area contributed by atoms with Crippen molar-refractivity contribution in [1.29, 1.82) is 0 Å². The molecule has 5 rings (SSSR count). The molecule has 0 N–H and O–H groups in total. The molecule has 4 heterocycles. The van der Waals surface area contributed by atoms with Gasteiger partial charge in [0.1, 0.15) is 11.4 Å². The molecule has 166 valence electrons. The Morgan fingerprint density at radius 3 is 2.55 bits per heavy atom. The van der Waals surface area contributed by atoms with E-state index in [2.05, 4.69) is 4.98 Å². The molecule has 0 radical (unpaired) electrons. The zero-order valence-electron chi connectivity index (χ0n) is 17.7. The highest BCUT2D eigenvalue weighted by molar-refractivity contribution is 7.89. The summed E-state index contributed by atoms with van der Waals surface area (Å²) in [7, 11) is -3.58. The van der Waals surface area contributed by atoms with Crippen molar-refractivity contribution in [2.75, 3.05) is 26.2 Å². The molecule has 9 heteroatoms. The van der Waals surface area contributed by atoms with E-state index in [9.17, 15) is 13.2 Å². The number of carbonyl (C=O) groups is 1. The molecule has 3 aliphatic heterocycles. The van der Waals surface area contributed by atoms with E-state index in [0.717, 1.165) is 37.3 Å². The lowest BCUT2D eigenvalue weighted by Crippen LogP contribution is -2.55. The Morgan fingerprint density at radius 1 is 1.13 bits per heavy atom. The summed E-state index contributed by atoms with van der Waals surface area (Å²) >= 11 is 0. The van der Waals surface area contributed by atoms with Crippen molar-refractivity contribution in [1.82, 2.24) is 18.8 Å². The lowest BCUT2D eigenvalue weighted by Gasteiger charge is -2.45. The number of nitrogens with zero attached hydrogens (tertiary/aromatic N) is 4. The fraction of sp³-hybridized carbons (Fsp3) is 0.545. The van der Waals surface area contributed by atoms with Crippen LogP contribution in [0.25, 0.3) is 0 Å². The number of hydrogen-bond donors (Lipinski definition) is 0. The Bertz CT molecular complexity index is 1080. The molecular formula is C22H28N4O4S. The maximum absolute atomic E-state index is 13.2. The second kappa shape index (κ2) is 7.72. The molecular weight excluding hydrogens is 416 g/mol. The molecule has 3 aliphatic rings. The van der Waals surface area contributed by atoms with Gasteiger partial charge in [-0.2, -0.15) is 4.31 Å². The number of likely N-dealkylation sites (tertiary alicyclic amines) is 1. The number of sulfonamides is 1. The van der Waals surface area contributed by atoms with Crippen molar-refractivity contribution < 1.29 is 17.9 Å². The van der Waals surface area contributed by atoms with Crippen molar-refractivity contribution in [2.45, 2.75) is 55.8 Å². The Morgan fingerprint density at radius 2 is 1.84 bits per heavy atom. The van der Waals surface area contributed by atoms with E-state index in [1.165, 1.54) is 4.31 Å². The van der Waals surface area contributed by atoms with E-state index in [4.69, 9.17) is 4.74 Å². The van der Waals surface area contributed by atoms with Crippen molar-refractivity contribution in [2.24, 2.45) is 0 Å². The molecule has 2 aromatic rings. The smallest absolute Gasteiger partial charge is 0.253 e. The van der Waals surface area contributed by atoms with Crippen LogP contribution in [0.5, 0.6) is 0 Å². The molecule has 0 unspecified atom stereocenters. The van der Waals surface area contributed by atoms with Gasteiger partial charge in [-0.05, 0) is 44.2 Å². The average molecular weight is 445 g/mol. The number of amides is 1. The number of piperidine rings is 1. The van der Waals surface area contributed by atoms with Crippen LogP contribution in [0.1, 0.15) is 37.1 Å². The number of imidazole rings is 1. The minimum absolute atomic E-state index is 0.0335. The topological polar surface area (TPSA) is 84.7 Å². The first kappa shape index (κ1) is 20.7. The fourth-order valence-corrected chi connectivity index (χ4v) is 6.75. The van der Waals surface area contributed by atoms with E-state index < -0.39 is 21.7 Å². The highest BCUT2D eigenvalue weighted by atomic mass is 32.2. The summed E-state index contributed by atoms with van der Waals surface area (Å²) in [6, 6.07) is 7.06. The van der Waals surface area contributed by atoms with Gasteiger partial charge in [-0.25, -0.2) is 13.4 Å². The Hall–Kier alpha value is -2.23. The van der Waals surface area contributed by atoms with Crippen molar-refractivity contribution in [3.8, 4) is 0 Å². The minimum Gasteiger partial charge on any atom is -0.352 e. The van der Waals surface area contributed by atoms with Gasteiger partial charge in [0.05, 0.1) is 11.4 Å². The number of hydrogen-bond acceptors (Lipinski definition) is 5. The van der Waals surface area contributed by atoms with E-state index in [1.54, 1.807) is 18.3 Å². The SMILES string of the molecule is Cc1ccccc1S(=O)(=O)N1CCC2(CC1)O[C@H](C(=O)N1CCCC1)Cn1ccnc12. The van der Waals surface area contributed by atoms with Crippen LogP contribution in [0.15, 0.2) is 41.6 Å². The number of carbonyl (C=O) groups excluding carboxylic acids is 1. The lowest BCUT2D eigenvalue weighted by atomic mass is 9.89. The minimum atomic E-state index is -3.58. The Balaban J connectivity index is 1.38. The number of fused-ring (bicyclic) bond motifs is 2. The van der Waals surface area contributed by atoms with Gasteiger partial charge in [-0.15, -0.1) is 0 Å². The first-order valence-corrected chi connectivity index (χ1v) is 12.4. The van der Waals surface area contributed by atoms with Crippen molar-refractivity contribution in [3.05, 3.63) is 48.0 Å². The molecule has 0 aliphatic carbocycles. The van der Waals surface area contributed by atoms with E-state index in [0.29, 0.717) is 37.4 Å². The molecule has 1 aromatic heterocycles. The second-order valence-electron chi connectivity index (χ2n) is 8.71. The van der Waals surface area contributed by atoms with Gasteiger partial charge in [0.15, 0.2) is 6.10 Å².